The first-order valence-electron chi connectivity index (χ1n) is 6.13. The third-order valence-electron chi connectivity index (χ3n) is 3.38. The van der Waals surface area contributed by atoms with Gasteiger partial charge in [-0.15, -0.1) is 0 Å². The van der Waals surface area contributed by atoms with Crippen LogP contribution in [0.5, 0.6) is 0 Å². The Kier molecular flexibility index (Phi) is 4.06. The maximum absolute atomic E-state index is 13.5. The van der Waals surface area contributed by atoms with Crippen LogP contribution < -0.4 is 11.1 Å². The van der Waals surface area contributed by atoms with Gasteiger partial charge in [0.15, 0.2) is 5.82 Å². The minimum Gasteiger partial charge on any atom is -0.325 e. The molecule has 2 rings (SSSR count). The van der Waals surface area contributed by atoms with Crippen LogP contribution in [0.3, 0.4) is 0 Å². The molecule has 1 amide bonds. The van der Waals surface area contributed by atoms with Gasteiger partial charge in [-0.2, -0.15) is 0 Å². The average molecular weight is 289 g/mol. The van der Waals surface area contributed by atoms with E-state index in [0.717, 1.165) is 31.7 Å². The van der Waals surface area contributed by atoms with Crippen molar-refractivity contribution >= 4 is 23.2 Å². The van der Waals surface area contributed by atoms with Crippen molar-refractivity contribution in [1.82, 2.24) is 0 Å². The zero-order valence-corrected chi connectivity index (χ0v) is 11.1. The first kappa shape index (κ1) is 14.2. The number of rotatable bonds is 3. The number of carbonyl (C=O) groups is 1. The summed E-state index contributed by atoms with van der Waals surface area (Å²) in [6, 6.07) is 1.63. The Balaban J connectivity index is 2.07. The standard InChI is InChI=1S/C13H15ClF2N2O/c14-9-5-8(15)6-10(16)12(9)18-11(19)7-13(17)3-1-2-4-13/h5-6H,1-4,7,17H2,(H,18,19). The number of halogens is 3. The lowest BCUT2D eigenvalue weighted by Gasteiger charge is -2.22. The topological polar surface area (TPSA) is 55.1 Å². The number of nitrogens with two attached hydrogens (primary N) is 1. The monoisotopic (exact) mass is 288 g/mol. The summed E-state index contributed by atoms with van der Waals surface area (Å²) in [7, 11) is 0. The molecule has 3 N–H and O–H groups in total. The van der Waals surface area contributed by atoms with E-state index in [1.54, 1.807) is 0 Å². The summed E-state index contributed by atoms with van der Waals surface area (Å²) in [5.41, 5.74) is 5.35. The molecular weight excluding hydrogens is 274 g/mol. The van der Waals surface area contributed by atoms with E-state index in [4.69, 9.17) is 17.3 Å². The van der Waals surface area contributed by atoms with Crippen LogP contribution in [-0.4, -0.2) is 11.4 Å². The van der Waals surface area contributed by atoms with Crippen LogP contribution >= 0.6 is 11.6 Å². The number of anilines is 1. The van der Waals surface area contributed by atoms with E-state index in [1.807, 2.05) is 0 Å². The molecule has 1 aromatic carbocycles. The third kappa shape index (κ3) is 3.42. The molecule has 0 saturated heterocycles. The van der Waals surface area contributed by atoms with Gasteiger partial charge in [-0.1, -0.05) is 24.4 Å². The Morgan fingerprint density at radius 3 is 2.58 bits per heavy atom. The SMILES string of the molecule is NC1(CC(=O)Nc2c(F)cc(F)cc2Cl)CCCC1. The van der Waals surface area contributed by atoms with Crippen molar-refractivity contribution in [1.29, 1.82) is 0 Å². The first-order valence-corrected chi connectivity index (χ1v) is 6.51. The molecule has 3 nitrogen and oxygen atoms in total. The Morgan fingerprint density at radius 1 is 1.37 bits per heavy atom. The molecule has 0 unspecified atom stereocenters. The summed E-state index contributed by atoms with van der Waals surface area (Å²) >= 11 is 5.70. The maximum atomic E-state index is 13.5. The van der Waals surface area contributed by atoms with Crippen molar-refractivity contribution < 1.29 is 13.6 Å². The van der Waals surface area contributed by atoms with Crippen molar-refractivity contribution in [3.05, 3.63) is 28.8 Å². The normalized spacial score (nSPS) is 17.5. The highest BCUT2D eigenvalue weighted by molar-refractivity contribution is 6.33. The van der Waals surface area contributed by atoms with Crippen molar-refractivity contribution in [3.63, 3.8) is 0 Å². The average Bonchev–Trinajstić information content (AvgIpc) is 2.70. The van der Waals surface area contributed by atoms with Gasteiger partial charge in [-0.05, 0) is 18.9 Å². The van der Waals surface area contributed by atoms with E-state index >= 15 is 0 Å². The molecule has 0 radical (unpaired) electrons. The number of hydrogen-bond donors (Lipinski definition) is 2. The highest BCUT2D eigenvalue weighted by Crippen LogP contribution is 2.31. The number of carbonyl (C=O) groups excluding carboxylic acids is 1. The summed E-state index contributed by atoms with van der Waals surface area (Å²) in [6.07, 6.45) is 3.66. The van der Waals surface area contributed by atoms with Crippen molar-refractivity contribution in [3.8, 4) is 0 Å². The summed E-state index contributed by atoms with van der Waals surface area (Å²) in [5, 5.41) is 2.20. The predicted molar refractivity (Wildman–Crippen MR) is 70.0 cm³/mol. The van der Waals surface area contributed by atoms with Crippen LogP contribution in [0.4, 0.5) is 14.5 Å². The van der Waals surface area contributed by atoms with Crippen LogP contribution in [-0.2, 0) is 4.79 Å². The number of amides is 1. The van der Waals surface area contributed by atoms with E-state index in [0.29, 0.717) is 6.07 Å². The lowest BCUT2D eigenvalue weighted by molar-refractivity contribution is -0.117. The number of nitrogens with one attached hydrogen (secondary N) is 1. The summed E-state index contributed by atoms with van der Waals surface area (Å²) in [4.78, 5) is 11.9. The molecule has 1 aliphatic rings. The van der Waals surface area contributed by atoms with Gasteiger partial charge in [-0.25, -0.2) is 8.78 Å². The second kappa shape index (κ2) is 5.43. The van der Waals surface area contributed by atoms with E-state index in [-0.39, 0.29) is 17.1 Å². The molecule has 104 valence electrons. The largest absolute Gasteiger partial charge is 0.325 e. The third-order valence-corrected chi connectivity index (χ3v) is 3.68. The fraction of sp³-hybridized carbons (Fsp3) is 0.462. The highest BCUT2D eigenvalue weighted by atomic mass is 35.5. The Hall–Kier alpha value is -1.20. The molecule has 6 heteroatoms. The first-order chi connectivity index (χ1) is 8.89. The zero-order chi connectivity index (χ0) is 14.0. The van der Waals surface area contributed by atoms with Gasteiger partial charge in [0.2, 0.25) is 5.91 Å². The van der Waals surface area contributed by atoms with Crippen LogP contribution in [0.15, 0.2) is 12.1 Å². The van der Waals surface area contributed by atoms with Gasteiger partial charge >= 0.3 is 0 Å². The summed E-state index contributed by atoms with van der Waals surface area (Å²) < 4.78 is 26.4. The van der Waals surface area contributed by atoms with E-state index in [9.17, 15) is 13.6 Å². The maximum Gasteiger partial charge on any atom is 0.226 e. The molecule has 1 fully saturated rings. The second-order valence-corrected chi connectivity index (χ2v) is 5.45. The molecule has 19 heavy (non-hydrogen) atoms. The van der Waals surface area contributed by atoms with Crippen LogP contribution in [0.1, 0.15) is 32.1 Å². The molecular formula is C13H15ClF2N2O. The fourth-order valence-electron chi connectivity index (χ4n) is 2.42. The van der Waals surface area contributed by atoms with Gasteiger partial charge in [-0.3, -0.25) is 4.79 Å². The van der Waals surface area contributed by atoms with Crippen LogP contribution in [0.25, 0.3) is 0 Å². The quantitative estimate of drug-likeness (QED) is 0.897. The van der Waals surface area contributed by atoms with Gasteiger partial charge < -0.3 is 11.1 Å². The Labute approximate surface area is 115 Å². The molecule has 0 heterocycles. The lowest BCUT2D eigenvalue weighted by Crippen LogP contribution is -2.40. The minimum atomic E-state index is -0.893. The van der Waals surface area contributed by atoms with Crippen molar-refractivity contribution in [2.24, 2.45) is 5.73 Å². The molecule has 0 aromatic heterocycles. The predicted octanol–water partition coefficient (Wildman–Crippen LogP) is 3.22. The van der Waals surface area contributed by atoms with Crippen molar-refractivity contribution in [2.45, 2.75) is 37.6 Å². The molecule has 1 aliphatic carbocycles. The molecule has 0 bridgehead atoms. The lowest BCUT2D eigenvalue weighted by atomic mass is 9.94. The summed E-state index contributed by atoms with van der Waals surface area (Å²) in [5.74, 6) is -2.08. The molecule has 0 aliphatic heterocycles. The van der Waals surface area contributed by atoms with E-state index in [2.05, 4.69) is 5.32 Å². The molecule has 1 aromatic rings. The molecule has 1 saturated carbocycles. The molecule has 0 spiro atoms. The van der Waals surface area contributed by atoms with E-state index < -0.39 is 23.1 Å². The Bertz CT molecular complexity index is 478. The second-order valence-electron chi connectivity index (χ2n) is 5.04. The smallest absolute Gasteiger partial charge is 0.226 e. The number of hydrogen-bond acceptors (Lipinski definition) is 2. The van der Waals surface area contributed by atoms with Gasteiger partial charge in [0.1, 0.15) is 5.82 Å². The van der Waals surface area contributed by atoms with Gasteiger partial charge in [0, 0.05) is 18.0 Å². The number of benzene rings is 1. The highest BCUT2D eigenvalue weighted by Gasteiger charge is 2.32. The fourth-order valence-corrected chi connectivity index (χ4v) is 2.66. The van der Waals surface area contributed by atoms with Crippen LogP contribution in [0, 0.1) is 11.6 Å². The Morgan fingerprint density at radius 2 is 2.00 bits per heavy atom. The van der Waals surface area contributed by atoms with Gasteiger partial charge in [0.05, 0.1) is 10.7 Å². The summed E-state index contributed by atoms with van der Waals surface area (Å²) in [6.45, 7) is 0. The zero-order valence-electron chi connectivity index (χ0n) is 10.3. The molecule has 0 atom stereocenters. The van der Waals surface area contributed by atoms with Crippen molar-refractivity contribution in [2.75, 3.05) is 5.32 Å². The van der Waals surface area contributed by atoms with Crippen LogP contribution in [0.2, 0.25) is 5.02 Å². The minimum absolute atomic E-state index is 0.111. The van der Waals surface area contributed by atoms with E-state index in [1.165, 1.54) is 0 Å². The van der Waals surface area contributed by atoms with Gasteiger partial charge in [0.25, 0.3) is 0 Å².